The molecule has 2 rings (SSSR count). The second kappa shape index (κ2) is 8.29. The van der Waals surface area contributed by atoms with E-state index in [2.05, 4.69) is 5.32 Å². The third kappa shape index (κ3) is 5.07. The van der Waals surface area contributed by atoms with Gasteiger partial charge >= 0.3 is 5.97 Å². The maximum Gasteiger partial charge on any atom is 0.304 e. The Balaban J connectivity index is 1.58. The van der Waals surface area contributed by atoms with Crippen molar-refractivity contribution in [3.63, 3.8) is 0 Å². The van der Waals surface area contributed by atoms with Crippen LogP contribution in [-0.2, 0) is 14.3 Å². The van der Waals surface area contributed by atoms with Gasteiger partial charge in [0.05, 0.1) is 17.9 Å². The molecule has 2 fully saturated rings. The Hall–Kier alpha value is -0.400. The van der Waals surface area contributed by atoms with E-state index in [1.165, 1.54) is 0 Å². The third-order valence-corrected chi connectivity index (χ3v) is 6.40. The molecule has 0 radical (unpaired) electrons. The molecule has 5 nitrogen and oxygen atoms in total. The van der Waals surface area contributed by atoms with Gasteiger partial charge in [0.15, 0.2) is 0 Å². The minimum absolute atomic E-state index is 0.115. The molecule has 1 unspecified atom stereocenters. The first-order valence-corrected chi connectivity index (χ1v) is 10.00. The first-order chi connectivity index (χ1) is 10.1. The van der Waals surface area contributed by atoms with Crippen molar-refractivity contribution in [1.82, 2.24) is 5.32 Å². The Morgan fingerprint density at radius 2 is 2.00 bits per heavy atom. The monoisotopic (exact) mass is 333 g/mol. The highest BCUT2D eigenvalue weighted by Crippen LogP contribution is 2.52. The summed E-state index contributed by atoms with van der Waals surface area (Å²) < 4.78 is 5.78. The molecule has 1 aliphatic heterocycles. The summed E-state index contributed by atoms with van der Waals surface area (Å²) in [5.74, 6) is 0.788. The molecule has 7 heteroatoms. The lowest BCUT2D eigenvalue weighted by molar-refractivity contribution is -0.136. The van der Waals surface area contributed by atoms with Gasteiger partial charge in [-0.1, -0.05) is 21.6 Å². The second-order valence-corrected chi connectivity index (χ2v) is 8.26. The van der Waals surface area contributed by atoms with Gasteiger partial charge in [-0.2, -0.15) is 0 Å². The number of ether oxygens (including phenoxy) is 1. The maximum atomic E-state index is 12.3. The van der Waals surface area contributed by atoms with Gasteiger partial charge in [-0.05, 0) is 32.1 Å². The Morgan fingerprint density at radius 1 is 1.24 bits per heavy atom. The summed E-state index contributed by atoms with van der Waals surface area (Å²) in [6.07, 6.45) is 5.48. The maximum absolute atomic E-state index is 12.3. The van der Waals surface area contributed by atoms with Crippen molar-refractivity contribution in [1.29, 1.82) is 0 Å². The average molecular weight is 333 g/mol. The molecule has 0 aromatic carbocycles. The average Bonchev–Trinajstić information content (AvgIpc) is 3.28. The van der Waals surface area contributed by atoms with Gasteiger partial charge in [-0.15, -0.1) is 0 Å². The Kier molecular flexibility index (Phi) is 6.70. The zero-order valence-corrected chi connectivity index (χ0v) is 13.8. The highest BCUT2D eigenvalue weighted by Gasteiger charge is 2.56. The molecule has 1 heterocycles. The number of carbonyl (C=O) groups is 2. The van der Waals surface area contributed by atoms with E-state index in [0.717, 1.165) is 44.5 Å². The zero-order valence-electron chi connectivity index (χ0n) is 12.1. The van der Waals surface area contributed by atoms with Gasteiger partial charge in [-0.3, -0.25) is 9.59 Å². The van der Waals surface area contributed by atoms with Gasteiger partial charge in [0, 0.05) is 24.7 Å². The summed E-state index contributed by atoms with van der Waals surface area (Å²) in [5.41, 5.74) is -0.248. The Morgan fingerprint density at radius 3 is 2.62 bits per heavy atom. The number of carbonyl (C=O) groups excluding carboxylic acids is 1. The summed E-state index contributed by atoms with van der Waals surface area (Å²) in [5, 5.41) is 11.5. The SMILES string of the molecule is O=C(O)CCSSCCNC(=O)C1(C2CCCCO2)CC1. The molecule has 1 amide bonds. The smallest absolute Gasteiger partial charge is 0.304 e. The van der Waals surface area contributed by atoms with Crippen molar-refractivity contribution >= 4 is 33.5 Å². The van der Waals surface area contributed by atoms with E-state index < -0.39 is 5.97 Å². The predicted octanol–water partition coefficient (Wildman–Crippen LogP) is 2.31. The quantitative estimate of drug-likeness (QED) is 0.498. The van der Waals surface area contributed by atoms with Crippen LogP contribution < -0.4 is 5.32 Å². The fraction of sp³-hybridized carbons (Fsp3) is 0.857. The van der Waals surface area contributed by atoms with Crippen molar-refractivity contribution in [2.24, 2.45) is 5.41 Å². The molecule has 0 bridgehead atoms. The number of nitrogens with one attached hydrogen (secondary N) is 1. The molecule has 2 N–H and O–H groups in total. The molecule has 0 aromatic rings. The van der Waals surface area contributed by atoms with Gasteiger partial charge < -0.3 is 15.2 Å². The third-order valence-electron chi connectivity index (χ3n) is 3.99. The van der Waals surface area contributed by atoms with Crippen LogP contribution >= 0.6 is 21.6 Å². The molecule has 0 spiro atoms. The molecule has 1 saturated carbocycles. The molecule has 2 aliphatic rings. The van der Waals surface area contributed by atoms with E-state index in [9.17, 15) is 9.59 Å². The van der Waals surface area contributed by atoms with Crippen LogP contribution in [0.5, 0.6) is 0 Å². The van der Waals surface area contributed by atoms with Crippen LogP contribution in [0.3, 0.4) is 0 Å². The topological polar surface area (TPSA) is 75.6 Å². The first-order valence-electron chi connectivity index (χ1n) is 7.51. The predicted molar refractivity (Wildman–Crippen MR) is 85.4 cm³/mol. The summed E-state index contributed by atoms with van der Waals surface area (Å²) in [6.45, 7) is 1.42. The van der Waals surface area contributed by atoms with Crippen LogP contribution in [0.15, 0.2) is 0 Å². The van der Waals surface area contributed by atoms with Crippen LogP contribution in [0, 0.1) is 5.41 Å². The van der Waals surface area contributed by atoms with Crippen LogP contribution in [0.2, 0.25) is 0 Å². The van der Waals surface area contributed by atoms with Crippen LogP contribution in [0.25, 0.3) is 0 Å². The molecule has 1 saturated heterocycles. The van der Waals surface area contributed by atoms with Crippen molar-refractivity contribution < 1.29 is 19.4 Å². The van der Waals surface area contributed by atoms with Crippen molar-refractivity contribution in [3.8, 4) is 0 Å². The molecule has 1 aliphatic carbocycles. The van der Waals surface area contributed by atoms with E-state index >= 15 is 0 Å². The minimum Gasteiger partial charge on any atom is -0.481 e. The van der Waals surface area contributed by atoms with Crippen LogP contribution in [0.4, 0.5) is 0 Å². The van der Waals surface area contributed by atoms with Crippen LogP contribution in [-0.4, -0.2) is 47.7 Å². The summed E-state index contributed by atoms with van der Waals surface area (Å²) in [7, 11) is 3.16. The molecular weight excluding hydrogens is 310 g/mol. The van der Waals surface area contributed by atoms with Gasteiger partial charge in [0.2, 0.25) is 5.91 Å². The highest BCUT2D eigenvalue weighted by atomic mass is 33.1. The second-order valence-electron chi connectivity index (χ2n) is 5.55. The number of hydrogen-bond acceptors (Lipinski definition) is 5. The number of carboxylic acids is 1. The normalized spacial score (nSPS) is 23.5. The number of hydrogen-bond donors (Lipinski definition) is 2. The molecule has 0 aromatic heterocycles. The molecule has 120 valence electrons. The molecule has 21 heavy (non-hydrogen) atoms. The Labute approximate surface area is 133 Å². The minimum atomic E-state index is -0.764. The summed E-state index contributed by atoms with van der Waals surface area (Å²) in [4.78, 5) is 22.7. The van der Waals surface area contributed by atoms with E-state index in [4.69, 9.17) is 9.84 Å². The lowest BCUT2D eigenvalue weighted by atomic mass is 9.92. The summed E-state index contributed by atoms with van der Waals surface area (Å²) >= 11 is 0. The highest BCUT2D eigenvalue weighted by molar-refractivity contribution is 8.76. The van der Waals surface area contributed by atoms with Gasteiger partial charge in [-0.25, -0.2) is 0 Å². The standard InChI is InChI=1S/C14H23NO4S2/c16-12(17)4-9-20-21-10-7-15-13(18)14(5-6-14)11-3-1-2-8-19-11/h11H,1-10H2,(H,15,18)(H,16,17). The number of amides is 1. The first kappa shape index (κ1) is 17.0. The van der Waals surface area contributed by atoms with Gasteiger partial charge in [0.1, 0.15) is 0 Å². The lowest BCUT2D eigenvalue weighted by Crippen LogP contribution is -2.42. The lowest BCUT2D eigenvalue weighted by Gasteiger charge is -2.29. The van der Waals surface area contributed by atoms with E-state index in [0.29, 0.717) is 12.3 Å². The van der Waals surface area contributed by atoms with E-state index in [1.54, 1.807) is 21.6 Å². The fourth-order valence-corrected chi connectivity index (χ4v) is 4.52. The number of aliphatic carboxylic acids is 1. The van der Waals surface area contributed by atoms with Crippen molar-refractivity contribution in [3.05, 3.63) is 0 Å². The zero-order chi connectivity index (χ0) is 15.1. The van der Waals surface area contributed by atoms with E-state index in [1.807, 2.05) is 0 Å². The number of rotatable bonds is 9. The Bertz CT molecular complexity index is 368. The van der Waals surface area contributed by atoms with Crippen molar-refractivity contribution in [2.75, 3.05) is 24.7 Å². The van der Waals surface area contributed by atoms with Crippen molar-refractivity contribution in [2.45, 2.75) is 44.6 Å². The molecule has 1 atom stereocenters. The largest absolute Gasteiger partial charge is 0.481 e. The van der Waals surface area contributed by atoms with E-state index in [-0.39, 0.29) is 23.8 Å². The van der Waals surface area contributed by atoms with Crippen LogP contribution in [0.1, 0.15) is 38.5 Å². The fourth-order valence-electron chi connectivity index (χ4n) is 2.64. The summed E-state index contributed by atoms with van der Waals surface area (Å²) in [6, 6.07) is 0. The molecular formula is C14H23NO4S2. The number of carboxylic acid groups (broad SMARTS) is 1. The van der Waals surface area contributed by atoms with Gasteiger partial charge in [0.25, 0.3) is 0 Å².